The quantitative estimate of drug-likeness (QED) is 0.137. The van der Waals surface area contributed by atoms with Crippen molar-refractivity contribution in [3.8, 4) is 33.4 Å². The van der Waals surface area contributed by atoms with Gasteiger partial charge in [-0.05, 0) is 154 Å². The third kappa shape index (κ3) is 8.58. The van der Waals surface area contributed by atoms with E-state index in [1.54, 1.807) is 11.8 Å². The Bertz CT molecular complexity index is 4500. The van der Waals surface area contributed by atoms with Gasteiger partial charge in [0.2, 0.25) is 0 Å². The van der Waals surface area contributed by atoms with E-state index in [4.69, 9.17) is 0 Å². The minimum absolute atomic E-state index is 0.0860. The molecule has 9 heteroatoms. The van der Waals surface area contributed by atoms with Crippen molar-refractivity contribution >= 4 is 96.8 Å². The highest BCUT2D eigenvalue weighted by Gasteiger charge is 2.34. The van der Waals surface area contributed by atoms with Gasteiger partial charge in [-0.15, -0.1) is 0 Å². The molecule has 1 N–H and O–H groups in total. The molecule has 0 fully saturated rings. The van der Waals surface area contributed by atoms with Gasteiger partial charge >= 0.3 is 0 Å². The zero-order valence-electron chi connectivity index (χ0n) is 44.3. The molecular formula is C73H51N4O2PS2. The Kier molecular flexibility index (Phi) is 12.5. The van der Waals surface area contributed by atoms with Gasteiger partial charge in [-0.25, -0.2) is 4.21 Å². The zero-order chi connectivity index (χ0) is 54.7. The van der Waals surface area contributed by atoms with Crippen molar-refractivity contribution in [2.75, 3.05) is 20.0 Å². The van der Waals surface area contributed by atoms with Gasteiger partial charge in [0, 0.05) is 42.8 Å². The molecule has 0 radical (unpaired) electrons. The minimum Gasteiger partial charge on any atom is -0.359 e. The molecule has 3 unspecified atom stereocenters. The van der Waals surface area contributed by atoms with E-state index >= 15 is 4.57 Å². The maximum atomic E-state index is 16.5. The van der Waals surface area contributed by atoms with E-state index < -0.39 is 17.9 Å². The number of benzene rings is 12. The second-order valence-corrected chi connectivity index (χ2v) is 25.9. The molecule has 3 atom stereocenters. The highest BCUT2D eigenvalue weighted by Crippen LogP contribution is 2.55. The molecule has 3 aliphatic rings. The fraction of sp³-hybridized carbons (Fsp3) is 0.0137. The summed E-state index contributed by atoms with van der Waals surface area (Å²) in [6, 6.07) is 103. The molecule has 0 saturated carbocycles. The molecule has 6 nitrogen and oxygen atoms in total. The average Bonchev–Trinajstić information content (AvgIpc) is 4.09. The van der Waals surface area contributed by atoms with E-state index in [1.807, 2.05) is 103 Å². The van der Waals surface area contributed by atoms with Gasteiger partial charge in [0.15, 0.2) is 7.14 Å². The smallest absolute Gasteiger partial charge is 0.171 e. The van der Waals surface area contributed by atoms with Gasteiger partial charge in [-0.3, -0.25) is 0 Å². The summed E-state index contributed by atoms with van der Waals surface area (Å²) in [4.78, 5) is 10.7. The molecule has 0 spiro atoms. The Hall–Kier alpha value is -9.43. The summed E-state index contributed by atoms with van der Waals surface area (Å²) in [6.45, 7) is 0. The highest BCUT2D eigenvalue weighted by atomic mass is 32.2. The summed E-state index contributed by atoms with van der Waals surface area (Å²) >= 11 is 1.79. The number of para-hydroxylation sites is 6. The van der Waals surface area contributed by atoms with Crippen LogP contribution in [0.1, 0.15) is 11.7 Å². The van der Waals surface area contributed by atoms with E-state index in [1.165, 1.54) is 5.56 Å². The van der Waals surface area contributed by atoms with Crippen LogP contribution in [0, 0.1) is 0 Å². The maximum absolute atomic E-state index is 16.5. The van der Waals surface area contributed by atoms with Gasteiger partial charge in [0.05, 0.1) is 54.7 Å². The van der Waals surface area contributed by atoms with Crippen LogP contribution < -0.4 is 35.9 Å². The molecule has 0 saturated heterocycles. The van der Waals surface area contributed by atoms with Crippen LogP contribution in [0.15, 0.2) is 317 Å². The minimum atomic E-state index is -3.48. The lowest BCUT2D eigenvalue weighted by Gasteiger charge is -2.33. The number of hydrogen-bond acceptors (Lipinski definition) is 7. The summed E-state index contributed by atoms with van der Waals surface area (Å²) in [7, 11) is -4.91. The van der Waals surface area contributed by atoms with Crippen molar-refractivity contribution < 1.29 is 8.77 Å². The van der Waals surface area contributed by atoms with Gasteiger partial charge < -0.3 is 24.6 Å². The highest BCUT2D eigenvalue weighted by molar-refractivity contribution is 7.99. The number of nitrogens with zero attached hydrogens (tertiary/aromatic N) is 3. The first kappa shape index (κ1) is 49.6. The first-order chi connectivity index (χ1) is 40.4. The van der Waals surface area contributed by atoms with Crippen LogP contribution in [0.2, 0.25) is 0 Å². The molecule has 0 amide bonds. The molecule has 0 bridgehead atoms. The van der Waals surface area contributed by atoms with E-state index in [0.29, 0.717) is 0 Å². The van der Waals surface area contributed by atoms with Crippen molar-refractivity contribution in [3.63, 3.8) is 0 Å². The predicted octanol–water partition coefficient (Wildman–Crippen LogP) is 18.5. The third-order valence-electron chi connectivity index (χ3n) is 15.8. The summed E-state index contributed by atoms with van der Waals surface area (Å²) < 4.78 is 30.9. The van der Waals surface area contributed by atoms with E-state index in [2.05, 4.69) is 214 Å². The second-order valence-electron chi connectivity index (χ2n) is 20.7. The fourth-order valence-corrected chi connectivity index (χ4v) is 17.2. The van der Waals surface area contributed by atoms with Crippen LogP contribution in [0.25, 0.3) is 33.4 Å². The summed E-state index contributed by atoms with van der Waals surface area (Å²) in [5.74, 6) is 0. The largest absolute Gasteiger partial charge is 0.359 e. The van der Waals surface area contributed by atoms with Gasteiger partial charge in [-0.2, -0.15) is 0 Å². The maximum Gasteiger partial charge on any atom is 0.171 e. The van der Waals surface area contributed by atoms with Crippen LogP contribution >= 0.6 is 18.9 Å². The summed E-state index contributed by atoms with van der Waals surface area (Å²) in [5.41, 5.74) is 16.7. The van der Waals surface area contributed by atoms with Crippen LogP contribution in [-0.4, -0.2) is 4.21 Å². The lowest BCUT2D eigenvalue weighted by Crippen LogP contribution is -2.25. The Balaban J connectivity index is 0.780. The molecule has 82 heavy (non-hydrogen) atoms. The Morgan fingerprint density at radius 1 is 0.354 bits per heavy atom. The van der Waals surface area contributed by atoms with Crippen molar-refractivity contribution in [2.45, 2.75) is 25.7 Å². The molecule has 0 aliphatic carbocycles. The Morgan fingerprint density at radius 2 is 0.793 bits per heavy atom. The number of anilines is 9. The molecule has 392 valence electrons. The topological polar surface area (TPSA) is 55.9 Å². The lowest BCUT2D eigenvalue weighted by atomic mass is 10.0. The van der Waals surface area contributed by atoms with Crippen molar-refractivity contribution in [3.05, 3.63) is 303 Å². The Labute approximate surface area is 484 Å². The van der Waals surface area contributed by atoms with Crippen LogP contribution in [0.4, 0.5) is 51.2 Å². The molecular weight excluding hydrogens is 1060 g/mol. The number of rotatable bonds is 10. The van der Waals surface area contributed by atoms with Gasteiger partial charge in [-0.1, -0.05) is 194 Å². The first-order valence-corrected chi connectivity index (χ1v) is 31.1. The van der Waals surface area contributed by atoms with Crippen molar-refractivity contribution in [1.29, 1.82) is 0 Å². The first-order valence-electron chi connectivity index (χ1n) is 27.4. The van der Waals surface area contributed by atoms with E-state index in [9.17, 15) is 4.21 Å². The number of fused-ring (bicyclic) bond motifs is 5. The molecule has 12 aromatic carbocycles. The van der Waals surface area contributed by atoms with Crippen molar-refractivity contribution in [2.24, 2.45) is 0 Å². The third-order valence-corrected chi connectivity index (χ3v) is 21.4. The van der Waals surface area contributed by atoms with Crippen LogP contribution in [0.5, 0.6) is 0 Å². The van der Waals surface area contributed by atoms with E-state index in [-0.39, 0.29) is 6.17 Å². The number of hydrogen-bond donors (Lipinski definition) is 1. The number of nitrogens with one attached hydrogen (secondary N) is 1. The van der Waals surface area contributed by atoms with Crippen molar-refractivity contribution in [1.82, 2.24) is 0 Å². The SMILES string of the molecule is O=S1c2ccccc2N(c2ccccc2)c2ccc(-c3cccc(P(=O)(c4ccccc4)c4cccc(-c5ccc6c(c5)Sc5cc(-c7cccc(C8Nc9ccccc9N8c8ccccc8)c7)ccc5N6c5ccccc5)c4)c3)cc21. The standard InChI is InChI=1S/C73H51N4O2PS2/c78-80(60-30-11-4-12-31-60,62-33-19-22-52(46-62)55-40-43-68-72(49-55)82(79)71-37-16-15-36-67(71)76(68)58-26-7-2-8-27-58)61-32-18-21-51(45-61)54-39-42-66-70(48-54)81-69-47-53(38-41-65(69)75(66)57-24-5-1-6-25-57)50-20-17-23-56(44-50)73-74-63-34-13-14-35-64(63)77(73)59-28-9-3-10-29-59/h1-49,73-74H. The lowest BCUT2D eigenvalue weighted by molar-refractivity contribution is 0.592. The summed E-state index contributed by atoms with van der Waals surface area (Å²) in [5, 5.41) is 6.04. The molecule has 12 aromatic rings. The van der Waals surface area contributed by atoms with Crippen LogP contribution in [-0.2, 0) is 15.4 Å². The molecule has 3 aliphatic heterocycles. The Morgan fingerprint density at radius 3 is 1.40 bits per heavy atom. The monoisotopic (exact) mass is 1110 g/mol. The molecule has 0 aromatic heterocycles. The molecule has 15 rings (SSSR count). The average molecular weight is 1110 g/mol. The van der Waals surface area contributed by atoms with Gasteiger partial charge in [0.25, 0.3) is 0 Å². The fourth-order valence-electron chi connectivity index (χ4n) is 12.0. The summed E-state index contributed by atoms with van der Waals surface area (Å²) in [6.07, 6.45) is -0.0860. The van der Waals surface area contributed by atoms with E-state index in [0.717, 1.165) is 120 Å². The second kappa shape index (κ2) is 20.6. The normalized spacial score (nSPS) is 15.5. The van der Waals surface area contributed by atoms with Crippen LogP contribution in [0.3, 0.4) is 0 Å². The zero-order valence-corrected chi connectivity index (χ0v) is 46.8. The molecule has 3 heterocycles. The predicted molar refractivity (Wildman–Crippen MR) is 342 cm³/mol. The van der Waals surface area contributed by atoms with Gasteiger partial charge in [0.1, 0.15) is 6.17 Å².